The zero-order valence-electron chi connectivity index (χ0n) is 10.4. The molecule has 1 heterocycles. The van der Waals surface area contributed by atoms with E-state index < -0.39 is 0 Å². The van der Waals surface area contributed by atoms with Crippen LogP contribution in [0.15, 0.2) is 35.2 Å². The molecule has 0 fully saturated rings. The van der Waals surface area contributed by atoms with Gasteiger partial charge in [0.2, 0.25) is 6.39 Å². The van der Waals surface area contributed by atoms with E-state index in [1.165, 1.54) is 12.0 Å². The summed E-state index contributed by atoms with van der Waals surface area (Å²) in [5, 5.41) is 6.97. The molecule has 5 heteroatoms. The van der Waals surface area contributed by atoms with Crippen molar-refractivity contribution < 1.29 is 9.26 Å². The molecule has 1 N–H and O–H groups in total. The quantitative estimate of drug-likeness (QED) is 0.812. The molecule has 18 heavy (non-hydrogen) atoms. The van der Waals surface area contributed by atoms with Gasteiger partial charge in [-0.1, -0.05) is 24.2 Å². The van der Waals surface area contributed by atoms with E-state index in [0.717, 1.165) is 25.3 Å². The molecule has 0 aliphatic rings. The van der Waals surface area contributed by atoms with Gasteiger partial charge in [0.1, 0.15) is 5.75 Å². The average molecular weight is 247 g/mol. The van der Waals surface area contributed by atoms with Crippen LogP contribution in [0.3, 0.4) is 0 Å². The van der Waals surface area contributed by atoms with Gasteiger partial charge in [-0.25, -0.2) is 0 Å². The number of benzene rings is 1. The smallest absolute Gasteiger partial charge is 0.213 e. The maximum Gasteiger partial charge on any atom is 0.213 e. The van der Waals surface area contributed by atoms with Crippen molar-refractivity contribution >= 4 is 0 Å². The van der Waals surface area contributed by atoms with E-state index in [4.69, 9.17) is 4.74 Å². The number of ether oxygens (including phenoxy) is 1. The highest BCUT2D eigenvalue weighted by atomic mass is 16.5. The molecule has 0 aliphatic carbocycles. The Bertz CT molecular complexity index is 440. The van der Waals surface area contributed by atoms with Crippen molar-refractivity contribution in [3.05, 3.63) is 42.0 Å². The van der Waals surface area contributed by atoms with Crippen LogP contribution >= 0.6 is 0 Å². The third-order valence-electron chi connectivity index (χ3n) is 2.42. The van der Waals surface area contributed by atoms with E-state index in [2.05, 4.69) is 26.9 Å². The maximum absolute atomic E-state index is 5.52. The highest BCUT2D eigenvalue weighted by Gasteiger charge is 1.98. The molecule has 0 aliphatic heterocycles. The van der Waals surface area contributed by atoms with Crippen LogP contribution in [0.25, 0.3) is 0 Å². The van der Waals surface area contributed by atoms with E-state index in [0.29, 0.717) is 12.4 Å². The van der Waals surface area contributed by atoms with Gasteiger partial charge in [-0.3, -0.25) is 0 Å². The molecule has 0 saturated carbocycles. The molecule has 2 rings (SSSR count). The van der Waals surface area contributed by atoms with Crippen LogP contribution in [-0.4, -0.2) is 16.7 Å². The molecule has 5 nitrogen and oxygen atoms in total. The summed E-state index contributed by atoms with van der Waals surface area (Å²) in [6.07, 6.45) is 2.35. The van der Waals surface area contributed by atoms with Crippen LogP contribution in [0.1, 0.15) is 24.7 Å². The van der Waals surface area contributed by atoms with E-state index in [9.17, 15) is 0 Å². The summed E-state index contributed by atoms with van der Waals surface area (Å²) in [6.45, 7) is 4.22. The molecule has 96 valence electrons. The first-order valence-electron chi connectivity index (χ1n) is 6.06. The Balaban J connectivity index is 1.75. The number of nitrogens with zero attached hydrogens (tertiary/aromatic N) is 2. The van der Waals surface area contributed by atoms with Crippen molar-refractivity contribution in [3.63, 3.8) is 0 Å². The van der Waals surface area contributed by atoms with E-state index in [1.54, 1.807) is 0 Å². The van der Waals surface area contributed by atoms with Crippen molar-refractivity contribution in [2.24, 2.45) is 0 Å². The summed E-state index contributed by atoms with van der Waals surface area (Å²) < 4.78 is 10.2. The van der Waals surface area contributed by atoms with Gasteiger partial charge < -0.3 is 14.6 Å². The van der Waals surface area contributed by atoms with Crippen LogP contribution in [0.5, 0.6) is 5.75 Å². The van der Waals surface area contributed by atoms with Gasteiger partial charge >= 0.3 is 0 Å². The van der Waals surface area contributed by atoms with Gasteiger partial charge in [0.05, 0.1) is 13.2 Å². The molecule has 1 aromatic carbocycles. The summed E-state index contributed by atoms with van der Waals surface area (Å²) in [5.41, 5.74) is 1.20. The average Bonchev–Trinajstić information content (AvgIpc) is 2.91. The van der Waals surface area contributed by atoms with Gasteiger partial charge in [-0.05, 0) is 24.1 Å². The molecule has 0 unspecified atom stereocenters. The summed E-state index contributed by atoms with van der Waals surface area (Å²) in [4.78, 5) is 3.93. The van der Waals surface area contributed by atoms with Crippen molar-refractivity contribution in [1.29, 1.82) is 0 Å². The Morgan fingerprint density at radius 2 is 2.06 bits per heavy atom. The SMILES string of the molecule is CCCOc1ccc(CNCc2ncon2)cc1. The van der Waals surface area contributed by atoms with Crippen molar-refractivity contribution in [2.75, 3.05) is 6.61 Å². The summed E-state index contributed by atoms with van der Waals surface area (Å²) in [6, 6.07) is 8.07. The third-order valence-corrected chi connectivity index (χ3v) is 2.42. The zero-order valence-corrected chi connectivity index (χ0v) is 10.4. The fourth-order valence-corrected chi connectivity index (χ4v) is 1.51. The number of nitrogens with one attached hydrogen (secondary N) is 1. The van der Waals surface area contributed by atoms with E-state index >= 15 is 0 Å². The fourth-order valence-electron chi connectivity index (χ4n) is 1.51. The molecule has 0 amide bonds. The summed E-state index contributed by atoms with van der Waals surface area (Å²) in [7, 11) is 0. The van der Waals surface area contributed by atoms with Crippen LogP contribution in [0.4, 0.5) is 0 Å². The van der Waals surface area contributed by atoms with Crippen LogP contribution in [0, 0.1) is 0 Å². The lowest BCUT2D eigenvalue weighted by Crippen LogP contribution is -2.13. The second kappa shape index (κ2) is 6.76. The van der Waals surface area contributed by atoms with E-state index in [-0.39, 0.29) is 0 Å². The van der Waals surface area contributed by atoms with Crippen LogP contribution in [-0.2, 0) is 13.1 Å². The molecule has 0 radical (unpaired) electrons. The minimum atomic E-state index is 0.602. The lowest BCUT2D eigenvalue weighted by Gasteiger charge is -2.06. The Kier molecular flexibility index (Phi) is 4.72. The molecule has 1 aromatic heterocycles. The fraction of sp³-hybridized carbons (Fsp3) is 0.385. The normalized spacial score (nSPS) is 10.5. The first kappa shape index (κ1) is 12.6. The van der Waals surface area contributed by atoms with Crippen molar-refractivity contribution in [1.82, 2.24) is 15.5 Å². The molecule has 0 saturated heterocycles. The molecule has 0 atom stereocenters. The predicted octanol–water partition coefficient (Wildman–Crippen LogP) is 2.15. The molecular formula is C13H17N3O2. The Morgan fingerprint density at radius 3 is 2.72 bits per heavy atom. The van der Waals surface area contributed by atoms with E-state index in [1.807, 2.05) is 24.3 Å². The first-order valence-corrected chi connectivity index (χ1v) is 6.06. The maximum atomic E-state index is 5.52. The van der Waals surface area contributed by atoms with Gasteiger partial charge in [0, 0.05) is 6.54 Å². The largest absolute Gasteiger partial charge is 0.494 e. The lowest BCUT2D eigenvalue weighted by molar-refractivity contribution is 0.317. The lowest BCUT2D eigenvalue weighted by atomic mass is 10.2. The number of rotatable bonds is 7. The van der Waals surface area contributed by atoms with Gasteiger partial charge in [0.25, 0.3) is 0 Å². The molecule has 0 spiro atoms. The highest BCUT2D eigenvalue weighted by molar-refractivity contribution is 5.27. The zero-order chi connectivity index (χ0) is 12.6. The number of hydrogen-bond donors (Lipinski definition) is 1. The Morgan fingerprint density at radius 1 is 1.22 bits per heavy atom. The van der Waals surface area contributed by atoms with Crippen molar-refractivity contribution in [3.8, 4) is 5.75 Å². The minimum absolute atomic E-state index is 0.602. The first-order chi connectivity index (χ1) is 8.88. The summed E-state index contributed by atoms with van der Waals surface area (Å²) >= 11 is 0. The topological polar surface area (TPSA) is 60.2 Å². The monoisotopic (exact) mass is 247 g/mol. The Labute approximate surface area is 106 Å². The Hall–Kier alpha value is -1.88. The second-order valence-electron chi connectivity index (χ2n) is 3.94. The molecular weight excluding hydrogens is 230 g/mol. The predicted molar refractivity (Wildman–Crippen MR) is 67.1 cm³/mol. The number of aromatic nitrogens is 2. The van der Waals surface area contributed by atoms with Crippen molar-refractivity contribution in [2.45, 2.75) is 26.4 Å². The van der Waals surface area contributed by atoms with Gasteiger partial charge in [-0.15, -0.1) is 0 Å². The minimum Gasteiger partial charge on any atom is -0.494 e. The van der Waals surface area contributed by atoms with Gasteiger partial charge in [0.15, 0.2) is 5.82 Å². The third kappa shape index (κ3) is 3.85. The molecule has 2 aromatic rings. The summed E-state index contributed by atoms with van der Waals surface area (Å²) in [5.74, 6) is 1.58. The second-order valence-corrected chi connectivity index (χ2v) is 3.94. The standard InChI is InChI=1S/C13H17N3O2/c1-2-7-17-12-5-3-11(4-6-12)8-14-9-13-15-10-18-16-13/h3-6,10,14H,2,7-9H2,1H3. The highest BCUT2D eigenvalue weighted by Crippen LogP contribution is 2.12. The van der Waals surface area contributed by atoms with Crippen LogP contribution < -0.4 is 10.1 Å². The van der Waals surface area contributed by atoms with Crippen LogP contribution in [0.2, 0.25) is 0 Å². The number of hydrogen-bond acceptors (Lipinski definition) is 5. The molecule has 0 bridgehead atoms. The van der Waals surface area contributed by atoms with Gasteiger partial charge in [-0.2, -0.15) is 4.98 Å².